The average Bonchev–Trinajstić information content (AvgIpc) is 2.85. The third-order valence-corrected chi connectivity index (χ3v) is 2.96. The highest BCUT2D eigenvalue weighted by atomic mass is 35.5. The Hall–Kier alpha value is -2.94. The summed E-state index contributed by atoms with van der Waals surface area (Å²) in [6, 6.07) is 6.58. The molecule has 2 aromatic rings. The monoisotopic (exact) mass is 323 g/mol. The summed E-state index contributed by atoms with van der Waals surface area (Å²) in [5, 5.41) is 17.3. The van der Waals surface area contributed by atoms with E-state index in [1.165, 1.54) is 0 Å². The molecule has 22 heavy (non-hydrogen) atoms. The van der Waals surface area contributed by atoms with E-state index in [1.807, 2.05) is 0 Å². The number of hydrogen-bond donors (Lipinski definition) is 2. The van der Waals surface area contributed by atoms with Crippen molar-refractivity contribution in [3.05, 3.63) is 51.3 Å². The molecule has 1 aromatic heterocycles. The lowest BCUT2D eigenvalue weighted by Gasteiger charge is -2.06. The van der Waals surface area contributed by atoms with Crippen LogP contribution in [0.3, 0.4) is 0 Å². The Balaban J connectivity index is 2.15. The van der Waals surface area contributed by atoms with E-state index in [0.29, 0.717) is 10.7 Å². The van der Waals surface area contributed by atoms with Crippen molar-refractivity contribution in [2.75, 3.05) is 5.32 Å². The van der Waals surface area contributed by atoms with Crippen molar-refractivity contribution >= 4 is 34.8 Å². The molecule has 1 heterocycles. The highest BCUT2D eigenvalue weighted by molar-refractivity contribution is 6.33. The number of nitrogens with zero attached hydrogens (tertiary/aromatic N) is 3. The van der Waals surface area contributed by atoms with Gasteiger partial charge in [0.2, 0.25) is 11.6 Å². The number of halogens is 1. The first-order valence-electron chi connectivity index (χ1n) is 5.94. The molecule has 0 unspecified atom stereocenters. The number of hydrogen-bond acceptors (Lipinski definition) is 5. The minimum absolute atomic E-state index is 0.334. The number of nitrogens with two attached hydrogens (primary N) is 1. The van der Waals surface area contributed by atoms with Crippen LogP contribution in [0.25, 0.3) is 0 Å². The smallest absolute Gasteiger partial charge is 0.320 e. The third-order valence-electron chi connectivity index (χ3n) is 2.63. The molecule has 0 aliphatic rings. The highest BCUT2D eigenvalue weighted by Gasteiger charge is 2.24. The number of carbonyl (C=O) groups is 2. The van der Waals surface area contributed by atoms with Gasteiger partial charge >= 0.3 is 5.69 Å². The second-order valence-electron chi connectivity index (χ2n) is 4.21. The number of benzene rings is 1. The third kappa shape index (κ3) is 3.38. The van der Waals surface area contributed by atoms with E-state index in [2.05, 4.69) is 10.4 Å². The number of anilines is 1. The lowest BCUT2D eigenvalue weighted by atomic mass is 10.3. The van der Waals surface area contributed by atoms with Gasteiger partial charge in [-0.1, -0.05) is 23.7 Å². The van der Waals surface area contributed by atoms with Crippen LogP contribution >= 0.6 is 11.6 Å². The molecule has 9 nitrogen and oxygen atoms in total. The van der Waals surface area contributed by atoms with Gasteiger partial charge in [0, 0.05) is 0 Å². The molecule has 1 aromatic carbocycles. The molecule has 0 saturated carbocycles. The van der Waals surface area contributed by atoms with Crippen LogP contribution in [0, 0.1) is 10.1 Å². The summed E-state index contributed by atoms with van der Waals surface area (Å²) in [6.45, 7) is -0.334. The van der Waals surface area contributed by atoms with Crippen molar-refractivity contribution in [2.24, 2.45) is 5.73 Å². The molecule has 0 radical (unpaired) electrons. The number of carbonyl (C=O) groups excluding carboxylic acids is 2. The summed E-state index contributed by atoms with van der Waals surface area (Å²) in [4.78, 5) is 33.0. The molecule has 3 N–H and O–H groups in total. The molecule has 10 heteroatoms. The standard InChI is InChI=1S/C12H10ClN5O4/c13-7-3-1-2-4-8(7)15-10(19)6-17-5-9(18(21)22)11(16-17)12(14)20/h1-5H,6H2,(H2,14,20)(H,15,19). The number of nitrogens with one attached hydrogen (secondary N) is 1. The largest absolute Gasteiger partial charge is 0.364 e. The molecule has 114 valence electrons. The lowest BCUT2D eigenvalue weighted by Crippen LogP contribution is -2.20. The maximum Gasteiger partial charge on any atom is 0.320 e. The Kier molecular flexibility index (Phi) is 4.37. The molecular formula is C12H10ClN5O4. The van der Waals surface area contributed by atoms with Crippen LogP contribution in [0.4, 0.5) is 11.4 Å². The van der Waals surface area contributed by atoms with Gasteiger partial charge in [0.15, 0.2) is 0 Å². The van der Waals surface area contributed by atoms with Crippen molar-refractivity contribution in [2.45, 2.75) is 6.54 Å². The normalized spacial score (nSPS) is 10.2. The van der Waals surface area contributed by atoms with Crippen LogP contribution in [-0.2, 0) is 11.3 Å². The van der Waals surface area contributed by atoms with Gasteiger partial charge in [-0.3, -0.25) is 24.4 Å². The van der Waals surface area contributed by atoms with Gasteiger partial charge in [-0.05, 0) is 12.1 Å². The fourth-order valence-electron chi connectivity index (χ4n) is 1.70. The van der Waals surface area contributed by atoms with Gasteiger partial charge in [-0.15, -0.1) is 0 Å². The Morgan fingerprint density at radius 2 is 2.09 bits per heavy atom. The molecule has 0 aliphatic heterocycles. The van der Waals surface area contributed by atoms with E-state index in [1.54, 1.807) is 24.3 Å². The zero-order chi connectivity index (χ0) is 16.3. The summed E-state index contributed by atoms with van der Waals surface area (Å²) < 4.78 is 0.963. The van der Waals surface area contributed by atoms with Crippen LogP contribution in [0.5, 0.6) is 0 Å². The molecule has 2 rings (SSSR count). The van der Waals surface area contributed by atoms with E-state index in [9.17, 15) is 19.7 Å². The number of para-hydroxylation sites is 1. The first-order chi connectivity index (χ1) is 10.4. The molecule has 2 amide bonds. The second kappa shape index (κ2) is 6.22. The number of aromatic nitrogens is 2. The fraction of sp³-hybridized carbons (Fsp3) is 0.0833. The molecule has 0 bridgehead atoms. The SMILES string of the molecule is NC(=O)c1nn(CC(=O)Nc2ccccc2Cl)cc1[N+](=O)[O-]. The Morgan fingerprint density at radius 1 is 1.41 bits per heavy atom. The highest BCUT2D eigenvalue weighted by Crippen LogP contribution is 2.20. The average molecular weight is 324 g/mol. The molecule has 0 fully saturated rings. The second-order valence-corrected chi connectivity index (χ2v) is 4.62. The van der Waals surface area contributed by atoms with Gasteiger partial charge in [0.1, 0.15) is 12.7 Å². The summed E-state index contributed by atoms with van der Waals surface area (Å²) >= 11 is 5.90. The summed E-state index contributed by atoms with van der Waals surface area (Å²) in [6.07, 6.45) is 0.965. The van der Waals surface area contributed by atoms with Crippen molar-refractivity contribution in [1.82, 2.24) is 9.78 Å². The minimum atomic E-state index is -1.04. The molecule has 0 atom stereocenters. The van der Waals surface area contributed by atoms with Crippen LogP contribution in [0.1, 0.15) is 10.5 Å². The predicted molar refractivity (Wildman–Crippen MR) is 77.5 cm³/mol. The van der Waals surface area contributed by atoms with Crippen LogP contribution in [0.15, 0.2) is 30.5 Å². The van der Waals surface area contributed by atoms with Crippen molar-refractivity contribution < 1.29 is 14.5 Å². The van der Waals surface area contributed by atoms with Crippen LogP contribution in [0.2, 0.25) is 5.02 Å². The number of amides is 2. The predicted octanol–water partition coefficient (Wildman–Crippen LogP) is 1.18. The van der Waals surface area contributed by atoms with Crippen LogP contribution < -0.4 is 11.1 Å². The zero-order valence-electron chi connectivity index (χ0n) is 11.0. The quantitative estimate of drug-likeness (QED) is 0.629. The van der Waals surface area contributed by atoms with Gasteiger partial charge in [0.05, 0.1) is 15.6 Å². The Labute approximate surface area is 128 Å². The fourth-order valence-corrected chi connectivity index (χ4v) is 1.88. The summed E-state index contributed by atoms with van der Waals surface area (Å²) in [7, 11) is 0. The van der Waals surface area contributed by atoms with Crippen molar-refractivity contribution in [3.8, 4) is 0 Å². The Bertz CT molecular complexity index is 726. The van der Waals surface area contributed by atoms with E-state index in [0.717, 1.165) is 10.9 Å². The van der Waals surface area contributed by atoms with Crippen molar-refractivity contribution in [3.63, 3.8) is 0 Å². The first kappa shape index (κ1) is 15.4. The number of rotatable bonds is 5. The van der Waals surface area contributed by atoms with E-state index in [-0.39, 0.29) is 6.54 Å². The molecule has 0 aliphatic carbocycles. The molecule has 0 spiro atoms. The van der Waals surface area contributed by atoms with E-state index in [4.69, 9.17) is 17.3 Å². The number of primary amides is 1. The summed E-state index contributed by atoms with van der Waals surface area (Å²) in [5.41, 5.74) is 4.34. The maximum atomic E-state index is 11.9. The van der Waals surface area contributed by atoms with E-state index < -0.39 is 28.1 Å². The maximum absolute atomic E-state index is 11.9. The number of nitro groups is 1. The van der Waals surface area contributed by atoms with Gasteiger partial charge in [-0.2, -0.15) is 5.10 Å². The Morgan fingerprint density at radius 3 is 2.64 bits per heavy atom. The lowest BCUT2D eigenvalue weighted by molar-refractivity contribution is -0.385. The molecular weight excluding hydrogens is 314 g/mol. The topological polar surface area (TPSA) is 133 Å². The minimum Gasteiger partial charge on any atom is -0.364 e. The molecule has 0 saturated heterocycles. The van der Waals surface area contributed by atoms with Crippen LogP contribution in [-0.4, -0.2) is 26.5 Å². The van der Waals surface area contributed by atoms with Crippen molar-refractivity contribution in [1.29, 1.82) is 0 Å². The first-order valence-corrected chi connectivity index (χ1v) is 6.32. The zero-order valence-corrected chi connectivity index (χ0v) is 11.8. The van der Waals surface area contributed by atoms with Gasteiger partial charge < -0.3 is 11.1 Å². The van der Waals surface area contributed by atoms with E-state index >= 15 is 0 Å². The summed E-state index contributed by atoms with van der Waals surface area (Å²) in [5.74, 6) is -1.56. The van der Waals surface area contributed by atoms with Gasteiger partial charge in [-0.25, -0.2) is 0 Å². The van der Waals surface area contributed by atoms with Gasteiger partial charge in [0.25, 0.3) is 5.91 Å².